The zero-order valence-corrected chi connectivity index (χ0v) is 16.4. The summed E-state index contributed by atoms with van der Waals surface area (Å²) in [6.07, 6.45) is 3.55. The second-order valence-electron chi connectivity index (χ2n) is 7.11. The summed E-state index contributed by atoms with van der Waals surface area (Å²) >= 11 is 0. The molecule has 0 aliphatic rings. The van der Waals surface area contributed by atoms with Crippen molar-refractivity contribution >= 4 is 34.0 Å². The fraction of sp³-hybridized carbons (Fsp3) is 0.0400. The van der Waals surface area contributed by atoms with Gasteiger partial charge in [0.25, 0.3) is 0 Å². The Morgan fingerprint density at radius 2 is 1.70 bits per heavy atom. The topological polar surface area (TPSA) is 63.1 Å². The van der Waals surface area contributed by atoms with Gasteiger partial charge in [-0.05, 0) is 42.8 Å². The summed E-state index contributed by atoms with van der Waals surface area (Å²) in [6.45, 7) is 2.07. The van der Waals surface area contributed by atoms with Crippen LogP contribution in [0.15, 0.2) is 90.2 Å². The second-order valence-corrected chi connectivity index (χ2v) is 7.11. The highest BCUT2D eigenvalue weighted by atomic mass is 15.3. The molecule has 1 N–H and O–H groups in total. The molecule has 144 valence electrons. The normalized spacial score (nSPS) is 11.4. The maximum atomic E-state index is 4.75. The average molecular weight is 389 g/mol. The number of benzene rings is 3. The number of anilines is 1. The monoisotopic (exact) mass is 389 g/mol. The number of nitrogens with one attached hydrogen (secondary N) is 1. The Hall–Kier alpha value is -4.12. The van der Waals surface area contributed by atoms with Gasteiger partial charge in [-0.3, -0.25) is 4.98 Å². The molecule has 0 radical (unpaired) electrons. The third-order valence-corrected chi connectivity index (χ3v) is 4.90. The number of aryl methyl sites for hydroxylation is 1. The van der Waals surface area contributed by atoms with E-state index in [2.05, 4.69) is 51.7 Å². The number of hydrogen-bond donors (Lipinski definition) is 1. The molecule has 0 bridgehead atoms. The van der Waals surface area contributed by atoms with Crippen LogP contribution < -0.4 is 5.43 Å². The van der Waals surface area contributed by atoms with Crippen molar-refractivity contribution in [2.75, 3.05) is 5.43 Å². The van der Waals surface area contributed by atoms with E-state index in [1.54, 1.807) is 12.4 Å². The molecule has 0 amide bonds. The maximum absolute atomic E-state index is 4.75. The number of fused-ring (bicyclic) bond motifs is 2. The fourth-order valence-corrected chi connectivity index (χ4v) is 3.45. The molecule has 2 heterocycles. The van der Waals surface area contributed by atoms with E-state index in [1.165, 1.54) is 5.56 Å². The van der Waals surface area contributed by atoms with Crippen molar-refractivity contribution in [1.82, 2.24) is 15.0 Å². The highest BCUT2D eigenvalue weighted by Gasteiger charge is 2.10. The molecule has 5 heteroatoms. The summed E-state index contributed by atoms with van der Waals surface area (Å²) in [7, 11) is 0. The van der Waals surface area contributed by atoms with Crippen molar-refractivity contribution in [3.8, 4) is 11.3 Å². The Bertz CT molecular complexity index is 1380. The molecular weight excluding hydrogens is 370 g/mol. The van der Waals surface area contributed by atoms with Gasteiger partial charge in [0.05, 0.1) is 22.9 Å². The van der Waals surface area contributed by atoms with Crippen LogP contribution in [0.1, 0.15) is 11.1 Å². The summed E-state index contributed by atoms with van der Waals surface area (Å²) in [4.78, 5) is 13.7. The molecule has 5 nitrogen and oxygen atoms in total. The molecule has 30 heavy (non-hydrogen) atoms. The average Bonchev–Trinajstić information content (AvgIpc) is 2.79. The number of pyridine rings is 1. The summed E-state index contributed by atoms with van der Waals surface area (Å²) < 4.78 is 0. The van der Waals surface area contributed by atoms with E-state index in [9.17, 15) is 0 Å². The zero-order chi connectivity index (χ0) is 20.3. The van der Waals surface area contributed by atoms with Crippen molar-refractivity contribution in [3.05, 3.63) is 96.2 Å². The summed E-state index contributed by atoms with van der Waals surface area (Å²) in [5.74, 6) is 0.462. The van der Waals surface area contributed by atoms with Crippen molar-refractivity contribution in [2.24, 2.45) is 5.10 Å². The van der Waals surface area contributed by atoms with Gasteiger partial charge in [-0.15, -0.1) is 0 Å². The van der Waals surface area contributed by atoms with Crippen LogP contribution in [0, 0.1) is 6.92 Å². The third kappa shape index (κ3) is 3.61. The van der Waals surface area contributed by atoms with Crippen LogP contribution in [-0.2, 0) is 0 Å². The number of aromatic nitrogens is 3. The minimum absolute atomic E-state index is 0.462. The third-order valence-electron chi connectivity index (χ3n) is 4.90. The molecule has 0 unspecified atom stereocenters. The summed E-state index contributed by atoms with van der Waals surface area (Å²) in [5.41, 5.74) is 8.91. The highest BCUT2D eigenvalue weighted by molar-refractivity contribution is 5.94. The lowest BCUT2D eigenvalue weighted by molar-refractivity contribution is 1.15. The number of hydrogen-bond acceptors (Lipinski definition) is 5. The van der Waals surface area contributed by atoms with Crippen LogP contribution in [0.2, 0.25) is 0 Å². The van der Waals surface area contributed by atoms with Crippen LogP contribution in [0.3, 0.4) is 0 Å². The quantitative estimate of drug-likeness (QED) is 0.321. The molecule has 0 spiro atoms. The van der Waals surface area contributed by atoms with Crippen molar-refractivity contribution in [2.45, 2.75) is 6.92 Å². The van der Waals surface area contributed by atoms with E-state index in [0.29, 0.717) is 5.95 Å². The minimum Gasteiger partial charge on any atom is -0.256 e. The summed E-state index contributed by atoms with van der Waals surface area (Å²) in [5, 5.41) is 6.46. The molecule has 0 atom stereocenters. The zero-order valence-electron chi connectivity index (χ0n) is 16.4. The molecule has 5 rings (SSSR count). The van der Waals surface area contributed by atoms with E-state index in [1.807, 2.05) is 54.6 Å². The Morgan fingerprint density at radius 1 is 0.833 bits per heavy atom. The molecule has 2 aromatic heterocycles. The molecule has 0 fully saturated rings. The van der Waals surface area contributed by atoms with Gasteiger partial charge in [-0.2, -0.15) is 5.10 Å². The van der Waals surface area contributed by atoms with Crippen LogP contribution in [0.4, 0.5) is 5.95 Å². The minimum atomic E-state index is 0.462. The summed E-state index contributed by atoms with van der Waals surface area (Å²) in [6, 6.07) is 26.3. The van der Waals surface area contributed by atoms with Gasteiger partial charge >= 0.3 is 0 Å². The van der Waals surface area contributed by atoms with E-state index < -0.39 is 0 Å². The Labute approximate surface area is 174 Å². The maximum Gasteiger partial charge on any atom is 0.244 e. The second kappa shape index (κ2) is 7.72. The lowest BCUT2D eigenvalue weighted by Crippen LogP contribution is -2.00. The lowest BCUT2D eigenvalue weighted by Gasteiger charge is -2.09. The van der Waals surface area contributed by atoms with Gasteiger partial charge in [-0.1, -0.05) is 54.1 Å². The van der Waals surface area contributed by atoms with Crippen LogP contribution >= 0.6 is 0 Å². The smallest absolute Gasteiger partial charge is 0.244 e. The lowest BCUT2D eigenvalue weighted by atomic mass is 10.0. The van der Waals surface area contributed by atoms with Gasteiger partial charge in [0.1, 0.15) is 0 Å². The predicted molar refractivity (Wildman–Crippen MR) is 123 cm³/mol. The van der Waals surface area contributed by atoms with E-state index in [-0.39, 0.29) is 0 Å². The fourth-order valence-electron chi connectivity index (χ4n) is 3.45. The van der Waals surface area contributed by atoms with Crippen LogP contribution in [0.5, 0.6) is 0 Å². The number of rotatable bonds is 4. The largest absolute Gasteiger partial charge is 0.256 e. The van der Waals surface area contributed by atoms with Crippen LogP contribution in [0.25, 0.3) is 33.1 Å². The SMILES string of the molecule is Cc1ccc2nc(NN=Cc3ccc4ncccc4c3)nc(-c3ccccc3)c2c1. The molecule has 5 aromatic rings. The Kier molecular flexibility index (Phi) is 4.62. The molecule has 0 saturated heterocycles. The first kappa shape index (κ1) is 17.9. The van der Waals surface area contributed by atoms with Crippen molar-refractivity contribution in [1.29, 1.82) is 0 Å². The first-order valence-corrected chi connectivity index (χ1v) is 9.74. The highest BCUT2D eigenvalue weighted by Crippen LogP contribution is 2.28. The number of hydrazone groups is 1. The molecule has 0 aliphatic heterocycles. The van der Waals surface area contributed by atoms with Gasteiger partial charge in [0.15, 0.2) is 0 Å². The van der Waals surface area contributed by atoms with Crippen molar-refractivity contribution in [3.63, 3.8) is 0 Å². The van der Waals surface area contributed by atoms with Gasteiger partial charge in [0.2, 0.25) is 5.95 Å². The molecule has 0 saturated carbocycles. The van der Waals surface area contributed by atoms with Crippen LogP contribution in [-0.4, -0.2) is 21.2 Å². The Morgan fingerprint density at radius 3 is 2.60 bits per heavy atom. The van der Waals surface area contributed by atoms with Gasteiger partial charge in [0, 0.05) is 22.5 Å². The molecule has 3 aromatic carbocycles. The van der Waals surface area contributed by atoms with Gasteiger partial charge in [-0.25, -0.2) is 15.4 Å². The molecular formula is C25H19N5. The first-order valence-electron chi connectivity index (χ1n) is 9.74. The van der Waals surface area contributed by atoms with Crippen molar-refractivity contribution < 1.29 is 0 Å². The standard InChI is InChI=1S/C25H19N5/c1-17-9-11-23-21(14-17)24(19-6-3-2-4-7-19)29-25(28-23)30-27-16-18-10-12-22-20(15-18)8-5-13-26-22/h2-16H,1H3,(H,28,29,30). The van der Waals surface area contributed by atoms with Gasteiger partial charge < -0.3 is 0 Å². The predicted octanol–water partition coefficient (Wildman–Crippen LogP) is 5.60. The molecule has 0 aliphatic carbocycles. The number of nitrogens with zero attached hydrogens (tertiary/aromatic N) is 4. The first-order chi connectivity index (χ1) is 14.8. The van der Waals surface area contributed by atoms with E-state index in [0.717, 1.165) is 38.6 Å². The van der Waals surface area contributed by atoms with E-state index >= 15 is 0 Å². The Balaban J connectivity index is 1.49. The van der Waals surface area contributed by atoms with E-state index in [4.69, 9.17) is 4.98 Å².